The number of anilines is 1. The standard InChI is InChI=1S/C17H28N2O3/c1-5-8-11-17(4,22-7-3)16(20)19-14-9-10-15(18-13-14)21-12-6-2/h9-10,13H,5-8,11-12H2,1-4H3,(H,19,20)/t17-/m1/s1. The maximum absolute atomic E-state index is 12.5. The van der Waals surface area contributed by atoms with Crippen molar-refractivity contribution in [2.45, 2.75) is 59.0 Å². The number of pyridine rings is 1. The number of unbranched alkanes of at least 4 members (excludes halogenated alkanes) is 1. The molecule has 0 aliphatic rings. The van der Waals surface area contributed by atoms with Gasteiger partial charge in [0.2, 0.25) is 5.88 Å². The highest BCUT2D eigenvalue weighted by molar-refractivity contribution is 5.96. The summed E-state index contributed by atoms with van der Waals surface area (Å²) in [5.74, 6) is 0.435. The van der Waals surface area contributed by atoms with E-state index in [-0.39, 0.29) is 5.91 Å². The van der Waals surface area contributed by atoms with Crippen molar-refractivity contribution < 1.29 is 14.3 Å². The topological polar surface area (TPSA) is 60.5 Å². The summed E-state index contributed by atoms with van der Waals surface area (Å²) in [4.78, 5) is 16.7. The quantitative estimate of drug-likeness (QED) is 0.714. The fourth-order valence-corrected chi connectivity index (χ4v) is 2.09. The normalized spacial score (nSPS) is 13.5. The lowest BCUT2D eigenvalue weighted by atomic mass is 9.97. The zero-order valence-corrected chi connectivity index (χ0v) is 14.1. The van der Waals surface area contributed by atoms with Gasteiger partial charge in [-0.25, -0.2) is 4.98 Å². The Morgan fingerprint density at radius 1 is 1.27 bits per heavy atom. The number of carbonyl (C=O) groups excluding carboxylic acids is 1. The van der Waals surface area contributed by atoms with Crippen LogP contribution in [0, 0.1) is 0 Å². The molecule has 5 heteroatoms. The van der Waals surface area contributed by atoms with E-state index in [1.165, 1.54) is 0 Å². The van der Waals surface area contributed by atoms with E-state index in [9.17, 15) is 4.79 Å². The summed E-state index contributed by atoms with van der Waals surface area (Å²) in [6.45, 7) is 9.03. The van der Waals surface area contributed by atoms with Crippen LogP contribution >= 0.6 is 0 Å². The third-order valence-corrected chi connectivity index (χ3v) is 3.40. The zero-order chi connectivity index (χ0) is 16.4. The van der Waals surface area contributed by atoms with Crippen LogP contribution in [0.15, 0.2) is 18.3 Å². The number of rotatable bonds is 10. The van der Waals surface area contributed by atoms with E-state index >= 15 is 0 Å². The summed E-state index contributed by atoms with van der Waals surface area (Å²) in [7, 11) is 0. The lowest BCUT2D eigenvalue weighted by Gasteiger charge is -2.28. The fraction of sp³-hybridized carbons (Fsp3) is 0.647. The summed E-state index contributed by atoms with van der Waals surface area (Å²) in [5, 5.41) is 2.88. The average Bonchev–Trinajstić information content (AvgIpc) is 2.52. The van der Waals surface area contributed by atoms with Gasteiger partial charge in [-0.15, -0.1) is 0 Å². The van der Waals surface area contributed by atoms with Gasteiger partial charge in [-0.2, -0.15) is 0 Å². The van der Waals surface area contributed by atoms with Crippen molar-refractivity contribution in [3.8, 4) is 5.88 Å². The van der Waals surface area contributed by atoms with E-state index in [4.69, 9.17) is 9.47 Å². The van der Waals surface area contributed by atoms with Crippen LogP contribution in [0.1, 0.15) is 53.4 Å². The van der Waals surface area contributed by atoms with Gasteiger partial charge >= 0.3 is 0 Å². The summed E-state index contributed by atoms with van der Waals surface area (Å²) in [6.07, 6.45) is 5.22. The van der Waals surface area contributed by atoms with Crippen LogP contribution in [0.4, 0.5) is 5.69 Å². The smallest absolute Gasteiger partial charge is 0.256 e. The van der Waals surface area contributed by atoms with E-state index in [1.54, 1.807) is 18.3 Å². The minimum atomic E-state index is -0.803. The molecule has 1 N–H and O–H groups in total. The van der Waals surface area contributed by atoms with Crippen LogP contribution in [0.3, 0.4) is 0 Å². The first kappa shape index (κ1) is 18.4. The molecule has 0 aliphatic heterocycles. The van der Waals surface area contributed by atoms with Crippen LogP contribution in [-0.2, 0) is 9.53 Å². The molecule has 0 spiro atoms. The molecule has 1 amide bonds. The fourth-order valence-electron chi connectivity index (χ4n) is 2.09. The van der Waals surface area contributed by atoms with Gasteiger partial charge in [0.15, 0.2) is 0 Å². The maximum Gasteiger partial charge on any atom is 0.256 e. The minimum absolute atomic E-state index is 0.133. The predicted octanol–water partition coefficient (Wildman–Crippen LogP) is 3.79. The van der Waals surface area contributed by atoms with Gasteiger partial charge in [-0.1, -0.05) is 26.7 Å². The summed E-state index contributed by atoms with van der Waals surface area (Å²) >= 11 is 0. The van der Waals surface area contributed by atoms with E-state index in [0.29, 0.717) is 31.2 Å². The molecule has 0 unspecified atom stereocenters. The number of hydrogen-bond acceptors (Lipinski definition) is 4. The third kappa shape index (κ3) is 5.64. The molecule has 1 rings (SSSR count). The van der Waals surface area contributed by atoms with Crippen molar-refractivity contribution in [1.82, 2.24) is 4.98 Å². The Bertz CT molecular complexity index is 448. The molecule has 0 radical (unpaired) electrons. The number of carbonyl (C=O) groups is 1. The van der Waals surface area contributed by atoms with Crippen molar-refractivity contribution in [3.63, 3.8) is 0 Å². The van der Waals surface area contributed by atoms with E-state index in [1.807, 2.05) is 20.8 Å². The first-order valence-electron chi connectivity index (χ1n) is 8.10. The van der Waals surface area contributed by atoms with Gasteiger partial charge in [0.1, 0.15) is 5.60 Å². The second kappa shape index (κ2) is 9.41. The molecule has 1 atom stereocenters. The summed E-state index contributed by atoms with van der Waals surface area (Å²) in [5.41, 5.74) is -0.154. The van der Waals surface area contributed by atoms with Gasteiger partial charge in [0, 0.05) is 12.7 Å². The number of aromatic nitrogens is 1. The number of nitrogens with one attached hydrogen (secondary N) is 1. The third-order valence-electron chi connectivity index (χ3n) is 3.40. The Balaban J connectivity index is 2.68. The number of hydrogen-bond donors (Lipinski definition) is 1. The van der Waals surface area contributed by atoms with E-state index in [0.717, 1.165) is 19.3 Å². The number of amides is 1. The molecule has 1 aromatic heterocycles. The van der Waals surface area contributed by atoms with Gasteiger partial charge in [-0.05, 0) is 32.8 Å². The van der Waals surface area contributed by atoms with Crippen LogP contribution in [0.25, 0.3) is 0 Å². The SMILES string of the molecule is CCCC[C@@](C)(OCC)C(=O)Nc1ccc(OCCC)nc1. The molecular formula is C17H28N2O3. The Hall–Kier alpha value is -1.62. The average molecular weight is 308 g/mol. The molecule has 0 bridgehead atoms. The van der Waals surface area contributed by atoms with Crippen molar-refractivity contribution in [2.75, 3.05) is 18.5 Å². The highest BCUT2D eigenvalue weighted by Gasteiger charge is 2.33. The monoisotopic (exact) mass is 308 g/mol. The minimum Gasteiger partial charge on any atom is -0.478 e. The molecule has 0 saturated carbocycles. The molecule has 5 nitrogen and oxygen atoms in total. The van der Waals surface area contributed by atoms with Gasteiger partial charge < -0.3 is 14.8 Å². The molecule has 124 valence electrons. The lowest BCUT2D eigenvalue weighted by Crippen LogP contribution is -2.42. The van der Waals surface area contributed by atoms with Crippen molar-refractivity contribution in [3.05, 3.63) is 18.3 Å². The Morgan fingerprint density at radius 3 is 2.59 bits per heavy atom. The van der Waals surface area contributed by atoms with Crippen LogP contribution in [-0.4, -0.2) is 29.7 Å². The molecule has 0 aromatic carbocycles. The Morgan fingerprint density at radius 2 is 2.05 bits per heavy atom. The first-order chi connectivity index (χ1) is 10.6. The second-order valence-corrected chi connectivity index (χ2v) is 5.46. The largest absolute Gasteiger partial charge is 0.478 e. The molecule has 22 heavy (non-hydrogen) atoms. The highest BCUT2D eigenvalue weighted by atomic mass is 16.5. The lowest BCUT2D eigenvalue weighted by molar-refractivity contribution is -0.139. The molecule has 0 saturated heterocycles. The second-order valence-electron chi connectivity index (χ2n) is 5.46. The van der Waals surface area contributed by atoms with Crippen LogP contribution < -0.4 is 10.1 Å². The van der Waals surface area contributed by atoms with Crippen LogP contribution in [0.2, 0.25) is 0 Å². The van der Waals surface area contributed by atoms with E-state index in [2.05, 4.69) is 17.2 Å². The zero-order valence-electron chi connectivity index (χ0n) is 14.1. The molecular weight excluding hydrogens is 280 g/mol. The van der Waals surface area contributed by atoms with Crippen molar-refractivity contribution in [1.29, 1.82) is 0 Å². The van der Waals surface area contributed by atoms with Gasteiger partial charge in [-0.3, -0.25) is 4.79 Å². The van der Waals surface area contributed by atoms with Gasteiger partial charge in [0.25, 0.3) is 5.91 Å². The van der Waals surface area contributed by atoms with Crippen molar-refractivity contribution in [2.24, 2.45) is 0 Å². The van der Waals surface area contributed by atoms with Crippen molar-refractivity contribution >= 4 is 11.6 Å². The van der Waals surface area contributed by atoms with Crippen LogP contribution in [0.5, 0.6) is 5.88 Å². The Kier molecular flexibility index (Phi) is 7.88. The molecule has 1 aromatic rings. The molecule has 1 heterocycles. The highest BCUT2D eigenvalue weighted by Crippen LogP contribution is 2.22. The molecule has 0 fully saturated rings. The van der Waals surface area contributed by atoms with Gasteiger partial charge in [0.05, 0.1) is 18.5 Å². The number of ether oxygens (including phenoxy) is 2. The molecule has 0 aliphatic carbocycles. The van der Waals surface area contributed by atoms with E-state index < -0.39 is 5.60 Å². The maximum atomic E-state index is 12.5. The summed E-state index contributed by atoms with van der Waals surface area (Å²) in [6, 6.07) is 3.55. The summed E-state index contributed by atoms with van der Waals surface area (Å²) < 4.78 is 11.1. The number of nitrogens with zero attached hydrogens (tertiary/aromatic N) is 1. The Labute approximate surface area is 133 Å². The predicted molar refractivity (Wildman–Crippen MR) is 88.2 cm³/mol. The first-order valence-corrected chi connectivity index (χ1v) is 8.10.